The minimum absolute atomic E-state index is 0.157. The van der Waals surface area contributed by atoms with Gasteiger partial charge in [-0.2, -0.15) is 0 Å². The summed E-state index contributed by atoms with van der Waals surface area (Å²) >= 11 is 9.88. The molecule has 10 aromatic carbocycles. The van der Waals surface area contributed by atoms with Gasteiger partial charge in [-0.15, -0.1) is 11.3 Å². The van der Waals surface area contributed by atoms with E-state index in [0.29, 0.717) is 23.0 Å². The maximum Gasteiger partial charge on any atom is 0.151 e. The third kappa shape index (κ3) is 14.0. The van der Waals surface area contributed by atoms with Gasteiger partial charge in [-0.1, -0.05) is 309 Å². The second-order valence-corrected chi connectivity index (χ2v) is 30.2. The van der Waals surface area contributed by atoms with Gasteiger partial charge in [0, 0.05) is 46.6 Å². The molecule has 0 radical (unpaired) electrons. The number of aliphatic hydroxyl groups is 1. The zero-order valence-corrected chi connectivity index (χ0v) is 59.7. The first-order valence-corrected chi connectivity index (χ1v) is 38.1. The fourth-order valence-electron chi connectivity index (χ4n) is 16.1. The van der Waals surface area contributed by atoms with Crippen LogP contribution in [0.15, 0.2) is 345 Å². The van der Waals surface area contributed by atoms with Crippen LogP contribution in [-0.2, 0) is 16.6 Å². The lowest BCUT2D eigenvalue weighted by Crippen LogP contribution is -2.37. The zero-order chi connectivity index (χ0) is 69.0. The van der Waals surface area contributed by atoms with Crippen molar-refractivity contribution in [3.05, 3.63) is 413 Å². The molecule has 0 saturated heterocycles. The maximum atomic E-state index is 9.93. The minimum atomic E-state index is -0.516. The van der Waals surface area contributed by atoms with Crippen molar-refractivity contribution in [3.8, 4) is 0 Å². The average Bonchev–Trinajstić information content (AvgIpc) is 1.23. The van der Waals surface area contributed by atoms with Crippen LogP contribution in [0.1, 0.15) is 156 Å². The Labute approximate surface area is 613 Å². The molecule has 3 aliphatic rings. The predicted molar refractivity (Wildman–Crippen MR) is 419 cm³/mol. The lowest BCUT2D eigenvalue weighted by molar-refractivity contribution is 0.122. The van der Waals surface area contributed by atoms with Gasteiger partial charge in [0.05, 0.1) is 52.4 Å². The summed E-state index contributed by atoms with van der Waals surface area (Å²) in [6, 6.07) is 103. The number of thiazole rings is 1. The van der Waals surface area contributed by atoms with E-state index >= 15 is 0 Å². The summed E-state index contributed by atoms with van der Waals surface area (Å²) in [6.07, 6.45) is 29.0. The Morgan fingerprint density at radius 3 is 0.990 bits per heavy atom. The van der Waals surface area contributed by atoms with Gasteiger partial charge in [0.1, 0.15) is 16.6 Å². The third-order valence-corrected chi connectivity index (χ3v) is 23.9. The van der Waals surface area contributed by atoms with Crippen molar-refractivity contribution in [2.45, 2.75) is 121 Å². The van der Waals surface area contributed by atoms with Gasteiger partial charge >= 0.3 is 0 Å². The van der Waals surface area contributed by atoms with E-state index in [1.807, 2.05) is 42.6 Å². The van der Waals surface area contributed by atoms with Gasteiger partial charge in [0.25, 0.3) is 0 Å². The summed E-state index contributed by atoms with van der Waals surface area (Å²) in [7, 11) is 0. The number of rotatable bonds is 17. The number of hydrogen-bond acceptors (Lipinski definition) is 7. The molecule has 4 aromatic heterocycles. The quantitative estimate of drug-likeness (QED) is 0.0722. The van der Waals surface area contributed by atoms with Gasteiger partial charge in [0.2, 0.25) is 0 Å². The van der Waals surface area contributed by atoms with E-state index in [-0.39, 0.29) is 6.10 Å². The molecule has 8 nitrogen and oxygen atoms in total. The van der Waals surface area contributed by atoms with Gasteiger partial charge < -0.3 is 18.8 Å². The SMILES string of the molecule is C1=CC[C@@H](c2cn(C(c3ccccc3)(c3ccccc3)c3ccccc3)cn2)CC1.Clc1ccc2nc(SC3CCC(c4cn(C(c5ccccc5)(c5ccccc5)c5ccccc5)cn4)CC3)sc2c1.OC1CCC(c2cn(C(c3ccccc3)(c3ccccc3)c3ccccc3)cn2)CC1. The number of hydrogen-bond donors (Lipinski definition) is 1. The molecule has 1 N–H and O–H groups in total. The molecule has 0 amide bonds. The van der Waals surface area contributed by atoms with Crippen LogP contribution in [0.25, 0.3) is 10.2 Å². The van der Waals surface area contributed by atoms with Crippen LogP contribution in [0.3, 0.4) is 0 Å². The monoisotopic (exact) mass is 1390 g/mol. The second kappa shape index (κ2) is 31.5. The normalized spacial score (nSPS) is 17.8. The number of imidazole rings is 3. The highest BCUT2D eigenvalue weighted by molar-refractivity contribution is 8.01. The van der Waals surface area contributed by atoms with E-state index in [1.165, 1.54) is 80.7 Å². The summed E-state index contributed by atoms with van der Waals surface area (Å²) in [5.74, 6) is 1.36. The first kappa shape index (κ1) is 67.9. The Balaban J connectivity index is 0.000000126. The smallest absolute Gasteiger partial charge is 0.151 e. The fourth-order valence-corrected chi connectivity index (χ4v) is 18.9. The van der Waals surface area contributed by atoms with Gasteiger partial charge in [-0.25, -0.2) is 19.9 Å². The van der Waals surface area contributed by atoms with Gasteiger partial charge in [0.15, 0.2) is 4.34 Å². The van der Waals surface area contributed by atoms with Crippen molar-refractivity contribution in [1.29, 1.82) is 0 Å². The van der Waals surface area contributed by atoms with Crippen LogP contribution in [0.2, 0.25) is 5.02 Å². The van der Waals surface area contributed by atoms with Crippen LogP contribution < -0.4 is 0 Å². The summed E-state index contributed by atoms with van der Waals surface area (Å²) in [6.45, 7) is 0. The molecule has 0 aliphatic heterocycles. The van der Waals surface area contributed by atoms with E-state index < -0.39 is 16.6 Å². The van der Waals surface area contributed by atoms with E-state index in [1.54, 1.807) is 11.3 Å². The number of benzene rings is 10. The van der Waals surface area contributed by atoms with Crippen LogP contribution in [0.5, 0.6) is 0 Å². The molecule has 508 valence electrons. The third-order valence-electron chi connectivity index (χ3n) is 21.2. The molecule has 11 heteroatoms. The molecule has 0 unspecified atom stereocenters. The van der Waals surface area contributed by atoms with Crippen LogP contribution >= 0.6 is 34.7 Å². The lowest BCUT2D eigenvalue weighted by atomic mass is 9.76. The van der Waals surface area contributed by atoms with E-state index in [0.717, 1.165) is 76.6 Å². The Bertz CT molecular complexity index is 4650. The Hall–Kier alpha value is -9.94. The van der Waals surface area contributed by atoms with E-state index in [2.05, 4.69) is 324 Å². The first-order valence-electron chi connectivity index (χ1n) is 36.1. The fraction of sp³-hybridized carbons (Fsp3) is 0.209. The molecule has 4 heterocycles. The predicted octanol–water partition coefficient (Wildman–Crippen LogP) is 22.1. The topological polar surface area (TPSA) is 86.6 Å². The van der Waals surface area contributed by atoms with Crippen molar-refractivity contribution in [3.63, 3.8) is 0 Å². The molecule has 17 rings (SSSR count). The number of nitrogens with zero attached hydrogens (tertiary/aromatic N) is 7. The van der Waals surface area contributed by atoms with Crippen molar-refractivity contribution in [2.75, 3.05) is 0 Å². The molecule has 2 fully saturated rings. The molecule has 0 bridgehead atoms. The standard InChI is InChI=1S/C35H30ClN3S2.C28H28N2O.C28H26N2/c36-29-18-21-31-33(22-29)41-34(38-31)40-30-19-16-25(17-20-30)32-23-39(24-37-32)35(26-10-4-1-5-11-26,27-12-6-2-7-13-27)28-14-8-3-9-15-28;31-26-18-16-22(17-19-26)27-20-30(21-29-27)28(23-10-4-1-5-11-23,24-12-6-2-7-13-24)25-14-8-3-9-15-25;1-5-13-23(14-6-1)27-21-30(22-29-27)28(24-15-7-2-8-16-24,25-17-9-3-10-18-25)26-19-11-4-12-20-26/h1-15,18,21-25,30H,16-17,19-20H2;1-15,20-22,26,31H,16-19H2;1-5,7-12,15-23H,6,13-14H2/t;;23-/m..1/s1. The number of thioether (sulfide) groups is 1. The van der Waals surface area contributed by atoms with Gasteiger partial charge in [-0.05, 0) is 139 Å². The number of allylic oxidation sites excluding steroid dienone is 2. The van der Waals surface area contributed by atoms with Crippen LogP contribution in [-0.4, -0.2) is 50.1 Å². The molecule has 3 aliphatic carbocycles. The number of fused-ring (bicyclic) bond motifs is 1. The van der Waals surface area contributed by atoms with Crippen molar-refractivity contribution < 1.29 is 5.11 Å². The average molecular weight is 1390 g/mol. The number of aromatic nitrogens is 7. The summed E-state index contributed by atoms with van der Waals surface area (Å²) in [4.78, 5) is 19.7. The number of aliphatic hydroxyl groups excluding tert-OH is 1. The molecular weight excluding hydrogens is 1310 g/mol. The van der Waals surface area contributed by atoms with Crippen LogP contribution in [0, 0.1) is 0 Å². The summed E-state index contributed by atoms with van der Waals surface area (Å²) in [5, 5.41) is 11.3. The minimum Gasteiger partial charge on any atom is -0.393 e. The Kier molecular flexibility index (Phi) is 21.0. The highest BCUT2D eigenvalue weighted by atomic mass is 35.5. The van der Waals surface area contributed by atoms with Crippen LogP contribution in [0.4, 0.5) is 0 Å². The van der Waals surface area contributed by atoms with E-state index in [9.17, 15) is 5.11 Å². The Morgan fingerprint density at radius 2 is 0.676 bits per heavy atom. The lowest BCUT2D eigenvalue weighted by Gasteiger charge is -2.37. The highest BCUT2D eigenvalue weighted by Crippen LogP contribution is 2.47. The van der Waals surface area contributed by atoms with Crippen molar-refractivity contribution in [1.82, 2.24) is 33.6 Å². The molecular formula is C91H84ClN7OS2. The van der Waals surface area contributed by atoms with Crippen molar-refractivity contribution in [2.24, 2.45) is 0 Å². The highest BCUT2D eigenvalue weighted by Gasteiger charge is 2.42. The molecule has 102 heavy (non-hydrogen) atoms. The molecule has 14 aromatic rings. The molecule has 0 spiro atoms. The summed E-state index contributed by atoms with van der Waals surface area (Å²) < 4.78 is 9.26. The molecule has 1 atom stereocenters. The largest absolute Gasteiger partial charge is 0.393 e. The van der Waals surface area contributed by atoms with Crippen molar-refractivity contribution >= 4 is 44.9 Å². The zero-order valence-electron chi connectivity index (χ0n) is 57.3. The second-order valence-electron chi connectivity index (χ2n) is 27.2. The Morgan fingerprint density at radius 1 is 0.363 bits per heavy atom. The first-order chi connectivity index (χ1) is 50.4. The molecule has 2 saturated carbocycles. The summed E-state index contributed by atoms with van der Waals surface area (Å²) in [5.41, 5.74) is 14.0. The van der Waals surface area contributed by atoms with Gasteiger partial charge in [-0.3, -0.25) is 0 Å². The van der Waals surface area contributed by atoms with E-state index in [4.69, 9.17) is 31.5 Å². The maximum absolute atomic E-state index is 9.93. The number of halogens is 1.